The Kier molecular flexibility index (Phi) is 32.7. The van der Waals surface area contributed by atoms with Crippen molar-refractivity contribution in [3.8, 4) is 0 Å². The number of nitrogens with one attached hydrogen (secondary N) is 1. The Hall–Kier alpha value is -6.12. The number of carbonyl (C=O) groups excluding carboxylic acids is 11. The Balaban J connectivity index is 2.97. The number of aliphatic hydroxyl groups is 1. The minimum absolute atomic E-state index is 0.0686. The highest BCUT2D eigenvalue weighted by molar-refractivity contribution is 5.99. The van der Waals surface area contributed by atoms with Gasteiger partial charge in [0.2, 0.25) is 47.3 Å². The fourth-order valence-electron chi connectivity index (χ4n) is 12.4. The Bertz CT molecular complexity index is 2570. The summed E-state index contributed by atoms with van der Waals surface area (Å²) in [6, 6.07) is -4.35. The molecule has 1 aromatic heterocycles. The molecule has 2 heterocycles. The second-order valence-electron chi connectivity index (χ2n) is 28.5. The van der Waals surface area contributed by atoms with E-state index in [2.05, 4.69) is 10.3 Å². The first-order chi connectivity index (χ1) is 41.7. The zero-order valence-corrected chi connectivity index (χ0v) is 59.2. The minimum atomic E-state index is -1.50. The van der Waals surface area contributed by atoms with Crippen LogP contribution in [0.2, 0.25) is 0 Å². The number of aliphatic hydroxyl groups excluding tert-OH is 1. The molecule has 21 heteroatoms. The smallest absolute Gasteiger partial charge is 0.246 e. The number of amides is 8. The predicted molar refractivity (Wildman–Crippen MR) is 350 cm³/mol. The number of pyridine rings is 1. The molecule has 8 amide bonds. The van der Waals surface area contributed by atoms with Gasteiger partial charge in [-0.2, -0.15) is 0 Å². The van der Waals surface area contributed by atoms with E-state index in [1.807, 2.05) is 81.4 Å². The lowest BCUT2D eigenvalue weighted by Crippen LogP contribution is -2.61. The second-order valence-corrected chi connectivity index (χ2v) is 28.5. The van der Waals surface area contributed by atoms with Gasteiger partial charge in [-0.3, -0.25) is 57.7 Å². The number of hydrogen-bond donors (Lipinski definition) is 2. The maximum atomic E-state index is 15.4. The molecule has 1 aliphatic heterocycles. The Labute approximate surface area is 539 Å². The second kappa shape index (κ2) is 36.8. The van der Waals surface area contributed by atoms with Gasteiger partial charge in [-0.1, -0.05) is 104 Å². The van der Waals surface area contributed by atoms with E-state index < -0.39 is 150 Å². The number of likely N-dealkylation sites (N-methyl/N-ethyl adjacent to an activating group) is 7. The molecular formula is C69H117N9O12. The molecule has 0 spiro atoms. The van der Waals surface area contributed by atoms with Crippen molar-refractivity contribution in [3.63, 3.8) is 0 Å². The van der Waals surface area contributed by atoms with Crippen LogP contribution in [0, 0.1) is 59.2 Å². The monoisotopic (exact) mass is 1260 g/mol. The Morgan fingerprint density at radius 3 is 1.43 bits per heavy atom. The molecule has 2 rings (SSSR count). The fraction of sp³-hybridized carbons (Fsp3) is 0.768. The number of aryl methyl sites for hydroxylation is 1. The molecule has 1 saturated heterocycles. The van der Waals surface area contributed by atoms with Crippen LogP contribution < -0.4 is 5.32 Å². The third kappa shape index (κ3) is 22.6. The number of Topliss-reactive ketones (excluding diaryl/α,β-unsaturated/α-hetero) is 3. The number of rotatable bonds is 17. The van der Waals surface area contributed by atoms with Crippen LogP contribution in [0.1, 0.15) is 181 Å². The number of carbonyl (C=O) groups is 11. The first kappa shape index (κ1) is 80.0. The molecule has 1 fully saturated rings. The summed E-state index contributed by atoms with van der Waals surface area (Å²) in [6.07, 6.45) is 3.67. The van der Waals surface area contributed by atoms with Crippen LogP contribution in [0.15, 0.2) is 24.5 Å². The van der Waals surface area contributed by atoms with Crippen molar-refractivity contribution in [1.29, 1.82) is 0 Å². The van der Waals surface area contributed by atoms with E-state index in [0.29, 0.717) is 19.3 Å². The molecule has 2 N–H and O–H groups in total. The van der Waals surface area contributed by atoms with Crippen LogP contribution in [0.4, 0.5) is 0 Å². The van der Waals surface area contributed by atoms with Gasteiger partial charge in [-0.05, 0) is 117 Å². The highest BCUT2D eigenvalue weighted by atomic mass is 16.3. The van der Waals surface area contributed by atoms with Crippen LogP contribution >= 0.6 is 0 Å². The first-order valence-corrected chi connectivity index (χ1v) is 33.0. The number of nitrogens with zero attached hydrogens (tertiary/aromatic N) is 8. The van der Waals surface area contributed by atoms with Gasteiger partial charge < -0.3 is 44.7 Å². The van der Waals surface area contributed by atoms with Gasteiger partial charge in [0.15, 0.2) is 17.3 Å². The first-order valence-electron chi connectivity index (χ1n) is 33.0. The Morgan fingerprint density at radius 1 is 0.511 bits per heavy atom. The topological polar surface area (TPSA) is 256 Å². The molecule has 0 unspecified atom stereocenters. The van der Waals surface area contributed by atoms with Gasteiger partial charge in [-0.25, -0.2) is 0 Å². The number of ketones is 3. The van der Waals surface area contributed by atoms with Crippen LogP contribution in [-0.2, 0) is 59.2 Å². The average molecular weight is 1260 g/mol. The molecule has 21 nitrogen and oxygen atoms in total. The maximum absolute atomic E-state index is 15.4. The lowest BCUT2D eigenvalue weighted by molar-refractivity contribution is -0.157. The summed E-state index contributed by atoms with van der Waals surface area (Å²) in [5.74, 6) is -10.8. The van der Waals surface area contributed by atoms with Crippen molar-refractivity contribution in [2.75, 3.05) is 55.9 Å². The SMILES string of the molecule is CC[C@H]1CC(=O)[C@@H]([C@H](O)[C@H](C)CCCc2ccncc2)N(C)C(=O)[C@@H](C(C)C)N(C)C(=O)[C@@H](CC(C)C)N(C)C(=O)[C@@H](CC(C)C)N(C)C(=O)[C@H](C)NC(=O)[C@@H](C)CC(=O)[C@@H](CC(C)C)N(C)C(=O)[C@@H](C(C)C)CC(=O)[C@H](CC(C)C)N(C)C(=O)CN(C)C1=O. The van der Waals surface area contributed by atoms with Gasteiger partial charge in [0.25, 0.3) is 0 Å². The molecule has 0 aliphatic carbocycles. The molecule has 0 saturated carbocycles. The summed E-state index contributed by atoms with van der Waals surface area (Å²) in [5.41, 5.74) is 1.03. The largest absolute Gasteiger partial charge is 0.390 e. The maximum Gasteiger partial charge on any atom is 0.246 e. The van der Waals surface area contributed by atoms with Crippen molar-refractivity contribution < 1.29 is 57.8 Å². The zero-order valence-electron chi connectivity index (χ0n) is 59.2. The number of aromatic nitrogens is 1. The van der Waals surface area contributed by atoms with E-state index in [-0.39, 0.29) is 80.3 Å². The van der Waals surface area contributed by atoms with E-state index in [1.54, 1.807) is 47.0 Å². The van der Waals surface area contributed by atoms with E-state index in [4.69, 9.17) is 0 Å². The summed E-state index contributed by atoms with van der Waals surface area (Å²) < 4.78 is 0. The summed E-state index contributed by atoms with van der Waals surface area (Å²) in [7, 11) is 10.3. The van der Waals surface area contributed by atoms with Gasteiger partial charge in [0.1, 0.15) is 30.2 Å². The van der Waals surface area contributed by atoms with Crippen molar-refractivity contribution in [3.05, 3.63) is 30.1 Å². The molecule has 12 atom stereocenters. The molecule has 510 valence electrons. The van der Waals surface area contributed by atoms with Crippen LogP contribution in [0.3, 0.4) is 0 Å². The van der Waals surface area contributed by atoms with Crippen molar-refractivity contribution >= 4 is 64.6 Å². The summed E-state index contributed by atoms with van der Waals surface area (Å²) in [5, 5.41) is 15.2. The van der Waals surface area contributed by atoms with E-state index in [9.17, 15) is 38.7 Å². The summed E-state index contributed by atoms with van der Waals surface area (Å²) in [6.45, 7) is 28.4. The normalized spacial score (nSPS) is 26.2. The molecule has 90 heavy (non-hydrogen) atoms. The lowest BCUT2D eigenvalue weighted by atomic mass is 9.84. The third-order valence-electron chi connectivity index (χ3n) is 18.2. The standard InChI is InChI=1S/C69H117N9O12/c1-24-50-37-58(81)61(62(83)46(14)26-25-27-49-28-30-70-31-29-49)78(23)69(90)60(45(12)13)77(22)68(89)55(35-43(8)9)76(21)67(88)54(34-42(6)7)75(20)64(85)48(16)71-63(84)47(15)36-56(79)53(33-41(4)5)74(19)66(87)51(44(10)11)38-57(80)52(32-40(2)3)73(18)59(82)39-72(17)65(50)86/h28-31,40-48,50-55,60-62,83H,24-27,32-39H2,1-23H3,(H,71,84)/t46-,47+,48+,50+,51-,52+,53-,54-,55-,60-,61+,62-/m1/s1. The van der Waals surface area contributed by atoms with Crippen molar-refractivity contribution in [2.24, 2.45) is 59.2 Å². The lowest BCUT2D eigenvalue weighted by Gasteiger charge is -2.41. The third-order valence-corrected chi connectivity index (χ3v) is 18.2. The molecule has 0 aromatic carbocycles. The van der Waals surface area contributed by atoms with Gasteiger partial charge in [0.05, 0.1) is 24.7 Å². The van der Waals surface area contributed by atoms with E-state index in [0.717, 1.165) is 5.56 Å². The van der Waals surface area contributed by atoms with E-state index >= 15 is 19.2 Å². The molecule has 0 bridgehead atoms. The number of hydrogen-bond acceptors (Lipinski definition) is 13. The molecule has 0 radical (unpaired) electrons. The zero-order chi connectivity index (χ0) is 69.1. The van der Waals surface area contributed by atoms with Crippen molar-refractivity contribution in [1.82, 2.24) is 44.6 Å². The highest BCUT2D eigenvalue weighted by Gasteiger charge is 2.46. The van der Waals surface area contributed by atoms with Crippen LogP contribution in [0.5, 0.6) is 0 Å². The minimum Gasteiger partial charge on any atom is -0.390 e. The van der Waals surface area contributed by atoms with Crippen LogP contribution in [0.25, 0.3) is 0 Å². The predicted octanol–water partition coefficient (Wildman–Crippen LogP) is 6.99. The average Bonchev–Trinajstić information content (AvgIpc) is 0.874. The molecular weight excluding hydrogens is 1150 g/mol. The quantitative estimate of drug-likeness (QED) is 0.160. The van der Waals surface area contributed by atoms with Gasteiger partial charge in [-0.15, -0.1) is 0 Å². The fourth-order valence-corrected chi connectivity index (χ4v) is 12.4. The van der Waals surface area contributed by atoms with Crippen molar-refractivity contribution in [2.45, 2.75) is 230 Å². The molecule has 1 aliphatic rings. The van der Waals surface area contributed by atoms with Gasteiger partial charge in [0, 0.05) is 98.7 Å². The Morgan fingerprint density at radius 2 is 0.956 bits per heavy atom. The van der Waals surface area contributed by atoms with Gasteiger partial charge >= 0.3 is 0 Å². The molecule has 1 aromatic rings. The van der Waals surface area contributed by atoms with E-state index in [1.165, 1.54) is 90.6 Å². The summed E-state index contributed by atoms with van der Waals surface area (Å²) >= 11 is 0. The van der Waals surface area contributed by atoms with Crippen LogP contribution in [-0.4, -0.2) is 213 Å². The highest BCUT2D eigenvalue weighted by Crippen LogP contribution is 2.30. The summed E-state index contributed by atoms with van der Waals surface area (Å²) in [4.78, 5) is 175.